The van der Waals surface area contributed by atoms with Gasteiger partial charge in [-0.25, -0.2) is 19.2 Å². The van der Waals surface area contributed by atoms with E-state index in [9.17, 15) is 19.2 Å². The molecule has 0 atom stereocenters. The summed E-state index contributed by atoms with van der Waals surface area (Å²) in [5.41, 5.74) is -1.04. The molecular weight excluding hydrogens is 1040 g/mol. The minimum absolute atomic E-state index is 0.0215. The van der Waals surface area contributed by atoms with E-state index in [2.05, 4.69) is 21.3 Å². The van der Waals surface area contributed by atoms with Gasteiger partial charge in [-0.05, 0) is 25.7 Å². The number of carbonyl (C=O) groups excluding carboxylic acids is 4. The lowest BCUT2D eigenvalue weighted by molar-refractivity contribution is -0.116. The van der Waals surface area contributed by atoms with E-state index in [0.29, 0.717) is 76.0 Å². The Labute approximate surface area is 435 Å². The Morgan fingerprint density at radius 1 is 0.301 bits per heavy atom. The van der Waals surface area contributed by atoms with Crippen molar-refractivity contribution in [1.82, 2.24) is 21.3 Å². The fourth-order valence-corrected chi connectivity index (χ4v) is 13.5. The van der Waals surface area contributed by atoms with Gasteiger partial charge in [0.25, 0.3) is 0 Å². The van der Waals surface area contributed by atoms with Crippen molar-refractivity contribution in [2.75, 3.05) is 191 Å². The van der Waals surface area contributed by atoms with Crippen LogP contribution in [0.2, 0.25) is 24.2 Å². The maximum absolute atomic E-state index is 12.4. The molecule has 0 unspecified atom stereocenters. The second kappa shape index (κ2) is 42.4. The van der Waals surface area contributed by atoms with Crippen LogP contribution in [0.25, 0.3) is 0 Å². The van der Waals surface area contributed by atoms with Crippen molar-refractivity contribution in [3.63, 3.8) is 0 Å². The van der Waals surface area contributed by atoms with E-state index in [1.807, 2.05) is 0 Å². The van der Waals surface area contributed by atoms with Crippen LogP contribution in [-0.4, -0.2) is 250 Å². The highest BCUT2D eigenvalue weighted by Gasteiger charge is 2.40. The molecule has 0 bridgehead atoms. The van der Waals surface area contributed by atoms with E-state index < -0.39 is 65.0 Å². The van der Waals surface area contributed by atoms with Crippen molar-refractivity contribution in [1.29, 1.82) is 0 Å². The van der Waals surface area contributed by atoms with Gasteiger partial charge in [-0.15, -0.1) is 0 Å². The monoisotopic (exact) mass is 1130 g/mol. The number of hydrogen-bond acceptors (Lipinski definition) is 24. The van der Waals surface area contributed by atoms with Crippen LogP contribution in [0.15, 0.2) is 0 Å². The second-order valence-corrected chi connectivity index (χ2v) is 27.9. The Bertz CT molecular complexity index is 1190. The molecule has 0 spiro atoms. The molecule has 0 saturated heterocycles. The molecule has 0 heterocycles. The molecule has 0 rings (SSSR count). The summed E-state index contributed by atoms with van der Waals surface area (Å²) in [6, 6.07) is 1.93. The summed E-state index contributed by atoms with van der Waals surface area (Å²) < 4.78 is 110. The van der Waals surface area contributed by atoms with E-state index >= 15 is 0 Å². The number of hydrogen-bond donors (Lipinski definition) is 4. The zero-order valence-corrected chi connectivity index (χ0v) is 49.3. The SMILES string of the molecule is CO[Si](CCCNC(=O)OCCOCC(COCCOC(=O)NCCC[Si](OC)(OC)OC)(COCCOC(=O)NCCC[Si](OC)(OC)OC)COCCOC(=O)NCCC[Si](OC)(OC)OC)(OC)OC. The van der Waals surface area contributed by atoms with E-state index in [0.717, 1.165) is 0 Å². The fraction of sp³-hybridized carbons (Fsp3) is 0.902. The standard InChI is InChI=1S/C41H88N4O24Si4/c1-50-70(51-2,52-3)29-13-17-42-37(46)66-25-21-62-33-41(34-63-22-26-67-38(47)43-18-14-30-71(53-4,54-5)55-6,35-64-23-27-68-39(48)44-19-15-31-72(56-7,57-8)58-9)36-65-24-28-69-40(49)45-20-16-32-73(59-10,60-11)61-12/h13-36H2,1-12H3,(H,42,46)(H,43,47)(H,44,48)(H,45,49). The van der Waals surface area contributed by atoms with Gasteiger partial charge in [-0.3, -0.25) is 0 Å². The topological polar surface area (TPSA) is 301 Å². The number of carbonyl (C=O) groups is 4. The number of alkyl carbamates (subject to hydrolysis) is 4. The molecule has 73 heavy (non-hydrogen) atoms. The molecule has 0 aliphatic rings. The summed E-state index contributed by atoms with van der Waals surface area (Å²) >= 11 is 0. The largest absolute Gasteiger partial charge is 0.500 e. The molecule has 0 aromatic carbocycles. The highest BCUT2D eigenvalue weighted by molar-refractivity contribution is 6.61. The third-order valence-electron chi connectivity index (χ3n) is 10.9. The van der Waals surface area contributed by atoms with E-state index in [-0.39, 0.29) is 79.3 Å². The average molecular weight is 1130 g/mol. The number of amides is 4. The summed E-state index contributed by atoms with van der Waals surface area (Å²) in [4.78, 5) is 49.8. The summed E-state index contributed by atoms with van der Waals surface area (Å²) in [5, 5.41) is 10.7. The Balaban J connectivity index is 5.74. The summed E-state index contributed by atoms with van der Waals surface area (Å²) in [5.74, 6) is 0. The summed E-state index contributed by atoms with van der Waals surface area (Å²) in [6.07, 6.45) is -0.502. The lowest BCUT2D eigenvalue weighted by atomic mass is 9.92. The number of nitrogens with one attached hydrogen (secondary N) is 4. The Kier molecular flexibility index (Phi) is 40.9. The van der Waals surface area contributed by atoms with Crippen molar-refractivity contribution >= 4 is 59.6 Å². The predicted octanol–water partition coefficient (Wildman–Crippen LogP) is 2.02. The van der Waals surface area contributed by atoms with Crippen molar-refractivity contribution < 1.29 is 110 Å². The number of ether oxygens (including phenoxy) is 8. The van der Waals surface area contributed by atoms with Crippen LogP contribution in [0.3, 0.4) is 0 Å². The van der Waals surface area contributed by atoms with Crippen molar-refractivity contribution in [2.45, 2.75) is 49.9 Å². The summed E-state index contributed by atoms with van der Waals surface area (Å²) in [6.45, 7) is 0.500. The van der Waals surface area contributed by atoms with Gasteiger partial charge in [0, 0.05) is 136 Å². The van der Waals surface area contributed by atoms with Gasteiger partial charge in [0.2, 0.25) is 0 Å². The molecule has 0 aromatic rings. The van der Waals surface area contributed by atoms with Crippen LogP contribution in [0.5, 0.6) is 0 Å². The highest BCUT2D eigenvalue weighted by atomic mass is 28.4. The van der Waals surface area contributed by atoms with Gasteiger partial charge in [0.05, 0.1) is 58.3 Å². The predicted molar refractivity (Wildman–Crippen MR) is 268 cm³/mol. The van der Waals surface area contributed by atoms with Crippen LogP contribution >= 0.6 is 0 Å². The van der Waals surface area contributed by atoms with Crippen LogP contribution < -0.4 is 21.3 Å². The van der Waals surface area contributed by atoms with E-state index in [4.69, 9.17) is 91.0 Å². The lowest BCUT2D eigenvalue weighted by Crippen LogP contribution is -2.43. The molecule has 32 heteroatoms. The minimum Gasteiger partial charge on any atom is -0.447 e. The molecule has 4 N–H and O–H groups in total. The van der Waals surface area contributed by atoms with Crippen molar-refractivity contribution in [3.05, 3.63) is 0 Å². The van der Waals surface area contributed by atoms with Gasteiger partial charge in [-0.2, -0.15) is 0 Å². The summed E-state index contributed by atoms with van der Waals surface area (Å²) in [7, 11) is 6.99. The first kappa shape index (κ1) is 70.3. The Hall–Kier alpha value is -2.69. The maximum Gasteiger partial charge on any atom is 0.500 e. The third-order valence-corrected chi connectivity index (χ3v) is 22.3. The minimum atomic E-state index is -2.79. The number of rotatable bonds is 48. The van der Waals surface area contributed by atoms with Crippen LogP contribution in [0, 0.1) is 5.41 Å². The van der Waals surface area contributed by atoms with Crippen molar-refractivity contribution in [3.8, 4) is 0 Å². The zero-order chi connectivity index (χ0) is 54.8. The maximum atomic E-state index is 12.4. The smallest absolute Gasteiger partial charge is 0.447 e. The molecule has 28 nitrogen and oxygen atoms in total. The Morgan fingerprint density at radius 2 is 0.479 bits per heavy atom. The first-order chi connectivity index (χ1) is 35.1. The first-order valence-electron chi connectivity index (χ1n) is 23.7. The molecule has 0 aliphatic heterocycles. The lowest BCUT2D eigenvalue weighted by Gasteiger charge is -2.33. The van der Waals surface area contributed by atoms with E-state index in [1.165, 1.54) is 85.3 Å². The fourth-order valence-electron chi connectivity index (χ4n) is 6.59. The molecule has 0 radical (unpaired) electrons. The molecule has 4 amide bonds. The zero-order valence-electron chi connectivity index (χ0n) is 45.3. The van der Waals surface area contributed by atoms with Gasteiger partial charge in [-0.1, -0.05) is 0 Å². The van der Waals surface area contributed by atoms with Gasteiger partial charge < -0.3 is 112 Å². The van der Waals surface area contributed by atoms with Crippen LogP contribution in [-0.2, 0) is 91.0 Å². The van der Waals surface area contributed by atoms with Crippen LogP contribution in [0.1, 0.15) is 25.7 Å². The molecule has 0 saturated carbocycles. The molecular formula is C41H88N4O24Si4. The second-order valence-electron chi connectivity index (χ2n) is 15.6. The average Bonchev–Trinajstić information content (AvgIpc) is 3.41. The molecule has 0 aliphatic carbocycles. The Morgan fingerprint density at radius 3 is 0.644 bits per heavy atom. The molecule has 432 valence electrons. The molecule has 0 aromatic heterocycles. The normalized spacial score (nSPS) is 12.3. The first-order valence-corrected chi connectivity index (χ1v) is 31.4. The quantitative estimate of drug-likeness (QED) is 0.0385. The van der Waals surface area contributed by atoms with E-state index in [1.54, 1.807) is 0 Å². The highest BCUT2D eigenvalue weighted by Crippen LogP contribution is 2.22. The van der Waals surface area contributed by atoms with Crippen molar-refractivity contribution in [2.24, 2.45) is 5.41 Å². The molecule has 0 fully saturated rings. The van der Waals surface area contributed by atoms with Crippen LogP contribution in [0.4, 0.5) is 19.2 Å². The van der Waals surface area contributed by atoms with Gasteiger partial charge in [0.15, 0.2) is 0 Å². The third kappa shape index (κ3) is 30.6. The van der Waals surface area contributed by atoms with Gasteiger partial charge >= 0.3 is 59.6 Å². The van der Waals surface area contributed by atoms with Gasteiger partial charge in [0.1, 0.15) is 26.4 Å².